The number of hydrogen-bond acceptors (Lipinski definition) is 5. The molecule has 3 heterocycles. The number of benzene rings is 2. The molecule has 2 aromatic carbocycles. The van der Waals surface area contributed by atoms with E-state index in [0.29, 0.717) is 29.0 Å². The van der Waals surface area contributed by atoms with Gasteiger partial charge in [-0.25, -0.2) is 4.98 Å². The van der Waals surface area contributed by atoms with E-state index in [0.717, 1.165) is 28.0 Å². The average Bonchev–Trinajstić information content (AvgIpc) is 3.23. The Balaban J connectivity index is 1.43. The van der Waals surface area contributed by atoms with Crippen LogP contribution in [-0.2, 0) is 6.54 Å². The molecule has 0 radical (unpaired) electrons. The Hall–Kier alpha value is -4.70. The summed E-state index contributed by atoms with van der Waals surface area (Å²) in [7, 11) is 0. The second-order valence-corrected chi connectivity index (χ2v) is 7.70. The van der Waals surface area contributed by atoms with Gasteiger partial charge in [0.1, 0.15) is 11.9 Å². The Morgan fingerprint density at radius 1 is 1.06 bits per heavy atom. The topological polar surface area (TPSA) is 95.1 Å². The van der Waals surface area contributed by atoms with Crippen LogP contribution in [-0.4, -0.2) is 20.3 Å². The van der Waals surface area contributed by atoms with Crippen LogP contribution >= 0.6 is 0 Å². The van der Waals surface area contributed by atoms with Gasteiger partial charge in [-0.1, -0.05) is 24.3 Å². The molecule has 0 saturated carbocycles. The maximum absolute atomic E-state index is 12.5. The van der Waals surface area contributed by atoms with E-state index >= 15 is 0 Å². The van der Waals surface area contributed by atoms with E-state index in [1.807, 2.05) is 65.9 Å². The first-order chi connectivity index (χ1) is 16.1. The van der Waals surface area contributed by atoms with Crippen LogP contribution < -0.4 is 10.6 Å². The molecule has 7 heteroatoms. The first-order valence-electron chi connectivity index (χ1n) is 10.5. The summed E-state index contributed by atoms with van der Waals surface area (Å²) in [5.74, 6) is 0.665. The summed E-state index contributed by atoms with van der Waals surface area (Å²) in [5.41, 5.74) is 6.11. The van der Waals surface area contributed by atoms with Crippen LogP contribution in [0.25, 0.3) is 16.7 Å². The lowest BCUT2D eigenvalue weighted by atomic mass is 10.1. The Morgan fingerprint density at radius 2 is 1.88 bits per heavy atom. The van der Waals surface area contributed by atoms with Crippen molar-refractivity contribution in [1.82, 2.24) is 14.4 Å². The van der Waals surface area contributed by atoms with Crippen molar-refractivity contribution in [2.75, 3.05) is 10.6 Å². The number of fused-ring (bicyclic) bond motifs is 3. The fourth-order valence-corrected chi connectivity index (χ4v) is 3.88. The van der Waals surface area contributed by atoms with Gasteiger partial charge in [0.25, 0.3) is 5.91 Å². The molecule has 0 bridgehead atoms. The third-order valence-electron chi connectivity index (χ3n) is 5.49. The van der Waals surface area contributed by atoms with E-state index in [1.54, 1.807) is 24.5 Å². The van der Waals surface area contributed by atoms with Crippen LogP contribution in [0.2, 0.25) is 0 Å². The number of carbonyl (C=O) groups excluding carboxylic acids is 1. The number of aromatic nitrogens is 3. The summed E-state index contributed by atoms with van der Waals surface area (Å²) >= 11 is 0. The predicted octanol–water partition coefficient (Wildman–Crippen LogP) is 4.93. The van der Waals surface area contributed by atoms with E-state index in [-0.39, 0.29) is 5.91 Å². The fraction of sp³-hybridized carbons (Fsp3) is 0.0769. The average molecular weight is 432 g/mol. The molecule has 0 atom stereocenters. The third-order valence-corrected chi connectivity index (χ3v) is 5.49. The lowest BCUT2D eigenvalue weighted by Gasteiger charge is -2.13. The Morgan fingerprint density at radius 3 is 2.70 bits per heavy atom. The molecule has 2 N–H and O–H groups in total. The van der Waals surface area contributed by atoms with Gasteiger partial charge in [-0.15, -0.1) is 0 Å². The van der Waals surface area contributed by atoms with Gasteiger partial charge >= 0.3 is 0 Å². The molecule has 160 valence electrons. The van der Waals surface area contributed by atoms with Crippen LogP contribution in [0.1, 0.15) is 27.0 Å². The van der Waals surface area contributed by atoms with Crippen LogP contribution in [0.5, 0.6) is 0 Å². The number of anilines is 2. The van der Waals surface area contributed by atoms with Crippen LogP contribution in [0.15, 0.2) is 79.1 Å². The number of amides is 1. The molecule has 1 amide bonds. The van der Waals surface area contributed by atoms with Crippen LogP contribution in [0.3, 0.4) is 0 Å². The molecule has 7 nitrogen and oxygen atoms in total. The van der Waals surface area contributed by atoms with Crippen molar-refractivity contribution in [2.24, 2.45) is 0 Å². The number of imidazole rings is 1. The highest BCUT2D eigenvalue weighted by Gasteiger charge is 2.15. The molecule has 0 aliphatic heterocycles. The number of nitriles is 1. The minimum atomic E-state index is -0.183. The molecular formula is C26H20N6O. The number of aryl methyl sites for hydroxylation is 1. The van der Waals surface area contributed by atoms with E-state index in [4.69, 9.17) is 0 Å². The summed E-state index contributed by atoms with van der Waals surface area (Å²) in [6.45, 7) is 2.45. The molecule has 5 rings (SSSR count). The number of nitrogens with zero attached hydrogens (tertiary/aromatic N) is 4. The second kappa shape index (κ2) is 8.44. The third kappa shape index (κ3) is 3.86. The Bertz CT molecular complexity index is 1530. The molecule has 0 aliphatic rings. The fourth-order valence-electron chi connectivity index (χ4n) is 3.88. The van der Waals surface area contributed by atoms with Gasteiger partial charge in [0.2, 0.25) is 0 Å². The van der Waals surface area contributed by atoms with Gasteiger partial charge in [0.15, 0.2) is 5.65 Å². The van der Waals surface area contributed by atoms with E-state index in [9.17, 15) is 10.1 Å². The van der Waals surface area contributed by atoms with Crippen molar-refractivity contribution in [2.45, 2.75) is 13.5 Å². The molecule has 33 heavy (non-hydrogen) atoms. The number of carbonyl (C=O) groups is 1. The lowest BCUT2D eigenvalue weighted by Crippen LogP contribution is -2.12. The van der Waals surface area contributed by atoms with E-state index in [1.165, 1.54) is 0 Å². The van der Waals surface area contributed by atoms with Crippen LogP contribution in [0, 0.1) is 18.3 Å². The zero-order valence-electron chi connectivity index (χ0n) is 17.9. The molecule has 3 aromatic heterocycles. The van der Waals surface area contributed by atoms with Crippen molar-refractivity contribution in [3.63, 3.8) is 0 Å². The number of pyridine rings is 2. The first kappa shape index (κ1) is 20.2. The lowest BCUT2D eigenvalue weighted by molar-refractivity contribution is 0.102. The minimum absolute atomic E-state index is 0.183. The van der Waals surface area contributed by atoms with Gasteiger partial charge < -0.3 is 10.6 Å². The zero-order chi connectivity index (χ0) is 22.8. The molecule has 0 saturated heterocycles. The second-order valence-electron chi connectivity index (χ2n) is 7.70. The SMILES string of the molecule is Cc1cc(NCc2cccc(NC(=O)c3ccncc3)c2)n2c(nc3ccccc32)c1C#N. The maximum atomic E-state index is 12.5. The summed E-state index contributed by atoms with van der Waals surface area (Å²) in [5, 5.41) is 16.1. The minimum Gasteiger partial charge on any atom is -0.367 e. The molecule has 0 unspecified atom stereocenters. The Labute approximate surface area is 190 Å². The zero-order valence-corrected chi connectivity index (χ0v) is 17.9. The van der Waals surface area contributed by atoms with Crippen molar-refractivity contribution in [1.29, 1.82) is 5.26 Å². The van der Waals surface area contributed by atoms with E-state index < -0.39 is 0 Å². The molecule has 5 aromatic rings. The van der Waals surface area contributed by atoms with Gasteiger partial charge in [0, 0.05) is 30.2 Å². The highest BCUT2D eigenvalue weighted by atomic mass is 16.1. The van der Waals surface area contributed by atoms with Crippen molar-refractivity contribution in [3.8, 4) is 6.07 Å². The highest BCUT2D eigenvalue weighted by molar-refractivity contribution is 6.04. The summed E-state index contributed by atoms with van der Waals surface area (Å²) in [6, 6.07) is 23.1. The van der Waals surface area contributed by atoms with Gasteiger partial charge in [-0.2, -0.15) is 5.26 Å². The smallest absolute Gasteiger partial charge is 0.255 e. The molecule has 0 aliphatic carbocycles. The highest BCUT2D eigenvalue weighted by Crippen LogP contribution is 2.27. The summed E-state index contributed by atoms with van der Waals surface area (Å²) in [6.07, 6.45) is 3.19. The van der Waals surface area contributed by atoms with Gasteiger partial charge in [-0.3, -0.25) is 14.2 Å². The monoisotopic (exact) mass is 432 g/mol. The predicted molar refractivity (Wildman–Crippen MR) is 128 cm³/mol. The van der Waals surface area contributed by atoms with Crippen molar-refractivity contribution >= 4 is 34.1 Å². The van der Waals surface area contributed by atoms with Gasteiger partial charge in [-0.05, 0) is 60.5 Å². The van der Waals surface area contributed by atoms with Crippen molar-refractivity contribution < 1.29 is 4.79 Å². The summed E-state index contributed by atoms with van der Waals surface area (Å²) < 4.78 is 1.98. The molecular weight excluding hydrogens is 412 g/mol. The first-order valence-corrected chi connectivity index (χ1v) is 10.5. The largest absolute Gasteiger partial charge is 0.367 e. The number of nitrogens with one attached hydrogen (secondary N) is 2. The van der Waals surface area contributed by atoms with Crippen molar-refractivity contribution in [3.05, 3.63) is 101 Å². The normalized spacial score (nSPS) is 10.8. The quantitative estimate of drug-likeness (QED) is 0.411. The van der Waals surface area contributed by atoms with Gasteiger partial charge in [0.05, 0.1) is 16.6 Å². The Kier molecular flexibility index (Phi) is 5.17. The number of para-hydroxylation sites is 2. The number of rotatable bonds is 5. The summed E-state index contributed by atoms with van der Waals surface area (Å²) in [4.78, 5) is 21.1. The van der Waals surface area contributed by atoms with Crippen LogP contribution in [0.4, 0.5) is 11.5 Å². The number of hydrogen-bond donors (Lipinski definition) is 2. The molecule has 0 spiro atoms. The molecule has 0 fully saturated rings. The van der Waals surface area contributed by atoms with E-state index in [2.05, 4.69) is 26.7 Å². The maximum Gasteiger partial charge on any atom is 0.255 e. The standard InChI is InChI=1S/C26H20N6O/c1-17-13-24(32-23-8-3-2-7-22(23)31-25(32)21(17)15-27)29-16-18-5-4-6-20(14-18)30-26(33)19-9-11-28-12-10-19/h2-14,29H,16H2,1H3,(H,30,33).